The summed E-state index contributed by atoms with van der Waals surface area (Å²) in [6.45, 7) is 1.24. The number of hydrogen-bond donors (Lipinski definition) is 1. The summed E-state index contributed by atoms with van der Waals surface area (Å²) in [4.78, 5) is 13.2. The molecule has 33 heavy (non-hydrogen) atoms. The van der Waals surface area contributed by atoms with E-state index in [0.29, 0.717) is 24.5 Å². The number of sulfonamides is 1. The molecule has 0 fully saturated rings. The molecule has 3 aromatic rings. The fraction of sp³-hybridized carbons (Fsp3) is 0.263. The Kier molecular flexibility index (Phi) is 7.28. The Morgan fingerprint density at radius 3 is 2.42 bits per heavy atom. The first kappa shape index (κ1) is 24.1. The zero-order valence-corrected chi connectivity index (χ0v) is 17.7. The monoisotopic (exact) mass is 485 g/mol. The van der Waals surface area contributed by atoms with Crippen LogP contribution in [0, 0.1) is 0 Å². The fourth-order valence-corrected chi connectivity index (χ4v) is 4.23. The second-order valence-electron chi connectivity index (χ2n) is 6.64. The van der Waals surface area contributed by atoms with Crippen molar-refractivity contribution in [2.45, 2.75) is 30.8 Å². The number of benzene rings is 1. The number of aliphatic carboxylic acids is 1. The second kappa shape index (κ2) is 9.95. The first-order valence-electron chi connectivity index (χ1n) is 9.38. The van der Waals surface area contributed by atoms with Gasteiger partial charge in [-0.2, -0.15) is 17.5 Å². The van der Waals surface area contributed by atoms with Gasteiger partial charge in [-0.1, -0.05) is 23.4 Å². The maximum atomic E-state index is 12.8. The molecule has 1 aliphatic heterocycles. The highest BCUT2D eigenvalue weighted by Gasteiger charge is 2.38. The number of carboxylic acid groups (broad SMARTS) is 1. The maximum Gasteiger partial charge on any atom is 0.490 e. The Morgan fingerprint density at radius 2 is 1.82 bits per heavy atom. The molecule has 2 aromatic heterocycles. The number of rotatable bonds is 5. The van der Waals surface area contributed by atoms with E-state index in [1.807, 2.05) is 0 Å². The second-order valence-corrected chi connectivity index (χ2v) is 8.58. The third-order valence-corrected chi connectivity index (χ3v) is 6.30. The van der Waals surface area contributed by atoms with E-state index < -0.39 is 22.2 Å². The Morgan fingerprint density at radius 1 is 1.12 bits per heavy atom. The van der Waals surface area contributed by atoms with Gasteiger partial charge in [0.2, 0.25) is 10.0 Å². The van der Waals surface area contributed by atoms with Crippen LogP contribution in [0.5, 0.6) is 5.75 Å². The molecule has 0 atom stereocenters. The Bertz CT molecular complexity index is 1190. The quantitative estimate of drug-likeness (QED) is 0.582. The lowest BCUT2D eigenvalue weighted by molar-refractivity contribution is -0.192. The first-order chi connectivity index (χ1) is 15.6. The fourth-order valence-electron chi connectivity index (χ4n) is 2.82. The standard InChI is InChI=1S/C17H17N5O3S.C2HF3O2/c23-26(24,15-6-2-1-3-7-15)21-9-10-22-17(12-21)16(19-20-22)13-25-14-5-4-8-18-11-14;3-2(4,5)1(6)7/h1-8,11H,9-10,12-13H2;(H,6,7). The number of ether oxygens (including phenoxy) is 1. The van der Waals surface area contributed by atoms with Crippen LogP contribution < -0.4 is 4.74 Å². The van der Waals surface area contributed by atoms with Gasteiger partial charge in [-0.05, 0) is 24.3 Å². The molecule has 4 rings (SSSR count). The van der Waals surface area contributed by atoms with Gasteiger partial charge in [-0.25, -0.2) is 17.9 Å². The lowest BCUT2D eigenvalue weighted by Gasteiger charge is -2.27. The summed E-state index contributed by atoms with van der Waals surface area (Å²) in [5, 5.41) is 15.4. The maximum absolute atomic E-state index is 12.8. The number of carboxylic acids is 1. The summed E-state index contributed by atoms with van der Waals surface area (Å²) in [5.41, 5.74) is 1.38. The van der Waals surface area contributed by atoms with Crippen molar-refractivity contribution in [1.29, 1.82) is 0 Å². The van der Waals surface area contributed by atoms with Crippen LogP contribution >= 0.6 is 0 Å². The zero-order chi connectivity index (χ0) is 24.1. The average molecular weight is 485 g/mol. The largest absolute Gasteiger partial charge is 0.490 e. The van der Waals surface area contributed by atoms with Crippen molar-refractivity contribution in [3.8, 4) is 5.75 Å². The van der Waals surface area contributed by atoms with Crippen molar-refractivity contribution in [3.05, 3.63) is 66.2 Å². The summed E-state index contributed by atoms with van der Waals surface area (Å²) in [7, 11) is -3.55. The molecule has 0 bridgehead atoms. The van der Waals surface area contributed by atoms with Crippen molar-refractivity contribution >= 4 is 16.0 Å². The molecule has 0 radical (unpaired) electrons. The highest BCUT2D eigenvalue weighted by Crippen LogP contribution is 2.23. The van der Waals surface area contributed by atoms with Crippen molar-refractivity contribution in [1.82, 2.24) is 24.3 Å². The normalized spacial score (nSPS) is 14.0. The smallest absolute Gasteiger partial charge is 0.486 e. The number of alkyl halides is 3. The highest BCUT2D eigenvalue weighted by molar-refractivity contribution is 7.89. The van der Waals surface area contributed by atoms with E-state index in [2.05, 4.69) is 15.3 Å². The van der Waals surface area contributed by atoms with Crippen LogP contribution in [0.4, 0.5) is 13.2 Å². The first-order valence-corrected chi connectivity index (χ1v) is 10.8. The van der Waals surface area contributed by atoms with Crippen LogP contribution in [-0.2, 0) is 34.5 Å². The van der Waals surface area contributed by atoms with Gasteiger partial charge in [0.25, 0.3) is 0 Å². The van der Waals surface area contributed by atoms with Gasteiger partial charge in [0.1, 0.15) is 18.1 Å². The van der Waals surface area contributed by atoms with Crippen LogP contribution in [0.15, 0.2) is 59.8 Å². The van der Waals surface area contributed by atoms with Crippen LogP contribution in [0.25, 0.3) is 0 Å². The van der Waals surface area contributed by atoms with E-state index in [-0.39, 0.29) is 18.0 Å². The predicted octanol–water partition coefficient (Wildman–Crippen LogP) is 2.09. The van der Waals surface area contributed by atoms with Crippen LogP contribution in [0.2, 0.25) is 0 Å². The third kappa shape index (κ3) is 6.04. The third-order valence-electron chi connectivity index (χ3n) is 4.44. The van der Waals surface area contributed by atoms with Crippen LogP contribution in [0.3, 0.4) is 0 Å². The predicted molar refractivity (Wildman–Crippen MR) is 106 cm³/mol. The molecule has 14 heteroatoms. The lowest BCUT2D eigenvalue weighted by Crippen LogP contribution is -2.38. The van der Waals surface area contributed by atoms with Gasteiger partial charge in [0.15, 0.2) is 0 Å². The Labute approximate surface area is 186 Å². The van der Waals surface area contributed by atoms with Gasteiger partial charge in [-0.3, -0.25) is 4.98 Å². The summed E-state index contributed by atoms with van der Waals surface area (Å²) < 4.78 is 66.3. The van der Waals surface area contributed by atoms with Gasteiger partial charge >= 0.3 is 12.1 Å². The topological polar surface area (TPSA) is 128 Å². The van der Waals surface area contributed by atoms with Crippen LogP contribution in [-0.4, -0.2) is 56.5 Å². The number of nitrogens with zero attached hydrogens (tertiary/aromatic N) is 5. The van der Waals surface area contributed by atoms with Crippen molar-refractivity contribution < 1.29 is 36.2 Å². The molecule has 3 heterocycles. The number of pyridine rings is 1. The summed E-state index contributed by atoms with van der Waals surface area (Å²) >= 11 is 0. The Hall–Kier alpha value is -3.52. The molecule has 0 unspecified atom stereocenters. The summed E-state index contributed by atoms with van der Waals surface area (Å²) in [6.07, 6.45) is -1.80. The molecule has 0 amide bonds. The summed E-state index contributed by atoms with van der Waals surface area (Å²) in [5.74, 6) is -2.13. The van der Waals surface area contributed by atoms with Crippen LogP contribution in [0.1, 0.15) is 11.4 Å². The molecule has 1 aromatic carbocycles. The highest BCUT2D eigenvalue weighted by atomic mass is 32.2. The van der Waals surface area contributed by atoms with Crippen molar-refractivity contribution in [2.75, 3.05) is 6.54 Å². The number of halogens is 3. The number of hydrogen-bond acceptors (Lipinski definition) is 7. The Balaban J connectivity index is 0.000000383. The molecule has 1 aliphatic rings. The molecule has 0 saturated carbocycles. The molecule has 176 valence electrons. The van der Waals surface area contributed by atoms with E-state index in [1.54, 1.807) is 59.5 Å². The van der Waals surface area contributed by atoms with Gasteiger partial charge < -0.3 is 9.84 Å². The molecular weight excluding hydrogens is 467 g/mol. The van der Waals surface area contributed by atoms with E-state index >= 15 is 0 Å². The molecule has 10 nitrogen and oxygen atoms in total. The molecular formula is C19H18F3N5O5S. The van der Waals surface area contributed by atoms with E-state index in [0.717, 1.165) is 5.69 Å². The number of fused-ring (bicyclic) bond motifs is 1. The van der Waals surface area contributed by atoms with Crippen molar-refractivity contribution in [2.24, 2.45) is 0 Å². The van der Waals surface area contributed by atoms with E-state index in [4.69, 9.17) is 14.6 Å². The SMILES string of the molecule is O=C(O)C(F)(F)F.O=S(=O)(c1ccccc1)N1CCn2nnc(COc3cccnc3)c2C1. The van der Waals surface area contributed by atoms with E-state index in [1.165, 1.54) is 4.31 Å². The molecule has 0 aliphatic carbocycles. The van der Waals surface area contributed by atoms with Gasteiger partial charge in [0.05, 0.1) is 29.9 Å². The van der Waals surface area contributed by atoms with E-state index in [9.17, 15) is 21.6 Å². The number of carbonyl (C=O) groups is 1. The minimum atomic E-state index is -5.08. The van der Waals surface area contributed by atoms with Gasteiger partial charge in [0, 0.05) is 12.7 Å². The molecule has 1 N–H and O–H groups in total. The molecule has 0 saturated heterocycles. The van der Waals surface area contributed by atoms with Gasteiger partial charge in [-0.15, -0.1) is 5.10 Å². The molecule has 0 spiro atoms. The average Bonchev–Trinajstić information content (AvgIpc) is 3.21. The number of aromatic nitrogens is 4. The zero-order valence-electron chi connectivity index (χ0n) is 16.9. The lowest BCUT2D eigenvalue weighted by atomic mass is 10.3. The minimum absolute atomic E-state index is 0.209. The van der Waals surface area contributed by atoms with Crippen molar-refractivity contribution in [3.63, 3.8) is 0 Å². The minimum Gasteiger partial charge on any atom is -0.486 e. The summed E-state index contributed by atoms with van der Waals surface area (Å²) in [6, 6.07) is 12.0.